The molecule has 4 nitrogen and oxygen atoms in total. The third kappa shape index (κ3) is 5.88. The lowest BCUT2D eigenvalue weighted by molar-refractivity contribution is -0.0315. The molecule has 4 aromatic rings. The Morgan fingerprint density at radius 2 is 1.75 bits per heavy atom. The van der Waals surface area contributed by atoms with Crippen molar-refractivity contribution in [2.75, 3.05) is 32.7 Å². The Morgan fingerprint density at radius 3 is 2.55 bits per heavy atom. The summed E-state index contributed by atoms with van der Waals surface area (Å²) in [5.74, 6) is 0.877. The molecule has 1 N–H and O–H groups in total. The fourth-order valence-corrected chi connectivity index (χ4v) is 7.62. The lowest BCUT2D eigenvalue weighted by Crippen LogP contribution is -2.46. The fraction of sp³-hybridized carbons (Fsp3) is 0.400. The summed E-state index contributed by atoms with van der Waals surface area (Å²) in [6, 6.07) is 25.0. The van der Waals surface area contributed by atoms with Crippen LogP contribution < -0.4 is 0 Å². The Labute approximate surface area is 242 Å². The van der Waals surface area contributed by atoms with Crippen molar-refractivity contribution in [3.05, 3.63) is 106 Å². The van der Waals surface area contributed by atoms with Gasteiger partial charge in [-0.25, -0.2) is 0 Å². The van der Waals surface area contributed by atoms with Crippen molar-refractivity contribution < 1.29 is 9.90 Å². The number of thiophene rings is 1. The predicted molar refractivity (Wildman–Crippen MR) is 165 cm³/mol. The average molecular weight is 553 g/mol. The summed E-state index contributed by atoms with van der Waals surface area (Å²) in [5.41, 5.74) is 4.34. The number of rotatable bonds is 8. The maximum absolute atomic E-state index is 13.8. The van der Waals surface area contributed by atoms with Crippen molar-refractivity contribution in [3.63, 3.8) is 0 Å². The molecule has 208 valence electrons. The summed E-state index contributed by atoms with van der Waals surface area (Å²) < 4.78 is 0. The molecule has 2 unspecified atom stereocenters. The minimum atomic E-state index is -0.558. The first-order chi connectivity index (χ1) is 19.5. The Hall–Kier alpha value is -2.99. The van der Waals surface area contributed by atoms with Gasteiger partial charge in [0.25, 0.3) is 5.91 Å². The van der Waals surface area contributed by atoms with Gasteiger partial charge < -0.3 is 14.9 Å². The van der Waals surface area contributed by atoms with Crippen molar-refractivity contribution in [3.8, 4) is 0 Å². The molecule has 1 amide bonds. The molecule has 2 aliphatic heterocycles. The zero-order chi connectivity index (χ0) is 27.5. The molecule has 2 atom stereocenters. The van der Waals surface area contributed by atoms with Crippen molar-refractivity contribution in [1.82, 2.24) is 9.80 Å². The lowest BCUT2D eigenvalue weighted by Gasteiger charge is -2.39. The van der Waals surface area contributed by atoms with E-state index in [4.69, 9.17) is 0 Å². The SMILES string of the molecule is Cc1ccccc1CCCC1(O)CCN(CC2CN(C(=O)c3cccc4ccccc34)CC2c2ccsc2)CC1. The molecular formula is C35H40N2O2S. The van der Waals surface area contributed by atoms with Crippen molar-refractivity contribution in [2.45, 2.75) is 50.5 Å². The number of piperidine rings is 1. The largest absolute Gasteiger partial charge is 0.390 e. The first kappa shape index (κ1) is 27.2. The van der Waals surface area contributed by atoms with E-state index >= 15 is 0 Å². The second-order valence-corrected chi connectivity index (χ2v) is 12.7. The number of benzene rings is 3. The number of nitrogens with zero attached hydrogens (tertiary/aromatic N) is 2. The van der Waals surface area contributed by atoms with E-state index in [1.807, 2.05) is 24.3 Å². The molecule has 0 aliphatic carbocycles. The van der Waals surface area contributed by atoms with Crippen LogP contribution in [-0.4, -0.2) is 59.1 Å². The molecule has 3 aromatic carbocycles. The van der Waals surface area contributed by atoms with Gasteiger partial charge in [-0.05, 0) is 95.3 Å². The summed E-state index contributed by atoms with van der Waals surface area (Å²) in [6.07, 6.45) is 4.58. The summed E-state index contributed by atoms with van der Waals surface area (Å²) >= 11 is 1.74. The molecule has 0 radical (unpaired) electrons. The van der Waals surface area contributed by atoms with Crippen LogP contribution in [0.15, 0.2) is 83.6 Å². The normalized spacial score (nSPS) is 21.2. The maximum Gasteiger partial charge on any atom is 0.254 e. The Bertz CT molecular complexity index is 1440. The number of hydrogen-bond donors (Lipinski definition) is 1. The molecule has 3 heterocycles. The second-order valence-electron chi connectivity index (χ2n) is 12.0. The fourth-order valence-electron chi connectivity index (χ4n) is 6.90. The van der Waals surface area contributed by atoms with Crippen molar-refractivity contribution >= 4 is 28.0 Å². The van der Waals surface area contributed by atoms with E-state index < -0.39 is 5.60 Å². The lowest BCUT2D eigenvalue weighted by atomic mass is 9.84. The average Bonchev–Trinajstić information content (AvgIpc) is 3.65. The second kappa shape index (κ2) is 11.9. The quantitative estimate of drug-likeness (QED) is 0.258. The number of hydrogen-bond acceptors (Lipinski definition) is 4. The molecule has 2 aliphatic rings. The smallest absolute Gasteiger partial charge is 0.254 e. The standard InChI is InChI=1S/C35H40N2O2S/c1-26-8-2-3-9-27(26)12-7-16-35(39)17-19-36(20-18-35)22-30-23-37(24-33(30)29-15-21-40-25-29)34(38)32-14-6-11-28-10-4-5-13-31(28)32/h2-6,8-11,13-15,21,25,30,33,39H,7,12,16-20,22-24H2,1H3. The van der Waals surface area contributed by atoms with Crippen LogP contribution in [0.3, 0.4) is 0 Å². The number of amides is 1. The Morgan fingerprint density at radius 1 is 0.975 bits per heavy atom. The van der Waals surface area contributed by atoms with Gasteiger partial charge in [-0.2, -0.15) is 11.3 Å². The van der Waals surface area contributed by atoms with Crippen LogP contribution in [0.4, 0.5) is 0 Å². The highest BCUT2D eigenvalue weighted by Gasteiger charge is 2.39. The molecule has 0 bridgehead atoms. The maximum atomic E-state index is 13.8. The van der Waals surface area contributed by atoms with Crippen LogP contribution in [-0.2, 0) is 6.42 Å². The van der Waals surface area contributed by atoms with Crippen molar-refractivity contribution in [2.24, 2.45) is 5.92 Å². The number of aryl methyl sites for hydroxylation is 2. The third-order valence-corrected chi connectivity index (χ3v) is 10.1. The number of carbonyl (C=O) groups is 1. The molecule has 2 fully saturated rings. The van der Waals surface area contributed by atoms with E-state index in [0.717, 1.165) is 81.2 Å². The van der Waals surface area contributed by atoms with Gasteiger partial charge in [-0.3, -0.25) is 4.79 Å². The minimum Gasteiger partial charge on any atom is -0.390 e. The van der Waals surface area contributed by atoms with Crippen molar-refractivity contribution in [1.29, 1.82) is 0 Å². The van der Waals surface area contributed by atoms with E-state index in [0.29, 0.717) is 11.8 Å². The summed E-state index contributed by atoms with van der Waals surface area (Å²) in [7, 11) is 0. The zero-order valence-electron chi connectivity index (χ0n) is 23.5. The topological polar surface area (TPSA) is 43.8 Å². The van der Waals surface area contributed by atoms with Gasteiger partial charge in [0.05, 0.1) is 5.60 Å². The van der Waals surface area contributed by atoms with Gasteiger partial charge in [-0.1, -0.05) is 60.7 Å². The number of carbonyl (C=O) groups excluding carboxylic acids is 1. The predicted octanol–water partition coefficient (Wildman–Crippen LogP) is 6.92. The van der Waals surface area contributed by atoms with Gasteiger partial charge >= 0.3 is 0 Å². The monoisotopic (exact) mass is 552 g/mol. The van der Waals surface area contributed by atoms with E-state index in [2.05, 4.69) is 76.0 Å². The van der Waals surface area contributed by atoms with Crippen LogP contribution in [0.5, 0.6) is 0 Å². The van der Waals surface area contributed by atoms with Crippen LogP contribution in [0.2, 0.25) is 0 Å². The van der Waals surface area contributed by atoms with E-state index in [9.17, 15) is 9.90 Å². The van der Waals surface area contributed by atoms with Gasteiger partial charge in [0.2, 0.25) is 0 Å². The highest BCUT2D eigenvalue weighted by molar-refractivity contribution is 7.08. The Kier molecular flexibility index (Phi) is 8.06. The molecular weight excluding hydrogens is 512 g/mol. The molecule has 1 aromatic heterocycles. The third-order valence-electron chi connectivity index (χ3n) is 9.35. The minimum absolute atomic E-state index is 0.140. The molecule has 5 heteroatoms. The van der Waals surface area contributed by atoms with Crippen LogP contribution in [0.25, 0.3) is 10.8 Å². The van der Waals surface area contributed by atoms with Crippen LogP contribution in [0, 0.1) is 12.8 Å². The molecule has 40 heavy (non-hydrogen) atoms. The van der Waals surface area contributed by atoms with Gasteiger partial charge in [0.1, 0.15) is 0 Å². The van der Waals surface area contributed by atoms with E-state index in [-0.39, 0.29) is 5.91 Å². The number of aliphatic hydroxyl groups is 1. The summed E-state index contributed by atoms with van der Waals surface area (Å²) in [5, 5.41) is 17.9. The first-order valence-electron chi connectivity index (χ1n) is 14.8. The zero-order valence-corrected chi connectivity index (χ0v) is 24.3. The molecule has 0 saturated carbocycles. The summed E-state index contributed by atoms with van der Waals surface area (Å²) in [4.78, 5) is 18.4. The van der Waals surface area contributed by atoms with Crippen LogP contribution >= 0.6 is 11.3 Å². The van der Waals surface area contributed by atoms with Gasteiger partial charge in [-0.15, -0.1) is 0 Å². The summed E-state index contributed by atoms with van der Waals surface area (Å²) in [6.45, 7) is 6.53. The van der Waals surface area contributed by atoms with Gasteiger partial charge in [0, 0.05) is 44.2 Å². The van der Waals surface area contributed by atoms with Crippen LogP contribution in [0.1, 0.15) is 58.6 Å². The highest BCUT2D eigenvalue weighted by Crippen LogP contribution is 2.37. The number of likely N-dealkylation sites (tertiary alicyclic amines) is 2. The molecule has 0 spiro atoms. The Balaban J connectivity index is 1.09. The van der Waals surface area contributed by atoms with E-state index in [1.54, 1.807) is 11.3 Å². The number of fused-ring (bicyclic) bond motifs is 1. The first-order valence-corrected chi connectivity index (χ1v) is 15.7. The molecule has 2 saturated heterocycles. The van der Waals surface area contributed by atoms with E-state index in [1.165, 1.54) is 16.7 Å². The molecule has 6 rings (SSSR count). The highest BCUT2D eigenvalue weighted by atomic mass is 32.1. The van der Waals surface area contributed by atoms with Gasteiger partial charge in [0.15, 0.2) is 0 Å².